The molecule has 1 unspecified atom stereocenters. The lowest BCUT2D eigenvalue weighted by Crippen LogP contribution is -2.23. The monoisotopic (exact) mass is 244 g/mol. The molecule has 0 saturated carbocycles. The Bertz CT molecular complexity index is 511. The number of aromatic nitrogens is 3. The van der Waals surface area contributed by atoms with E-state index in [2.05, 4.69) is 32.2 Å². The van der Waals surface area contributed by atoms with Crippen molar-refractivity contribution in [2.45, 2.75) is 32.4 Å². The Morgan fingerprint density at radius 3 is 2.94 bits per heavy atom. The molecule has 0 aromatic carbocycles. The summed E-state index contributed by atoms with van der Waals surface area (Å²) in [5.41, 5.74) is 1.28. The number of aryl methyl sites for hydroxylation is 1. The topological polar surface area (TPSA) is 55.1 Å². The van der Waals surface area contributed by atoms with E-state index < -0.39 is 0 Å². The van der Waals surface area contributed by atoms with E-state index in [1.165, 1.54) is 12.0 Å². The molecule has 0 radical (unpaired) electrons. The van der Waals surface area contributed by atoms with E-state index in [-0.39, 0.29) is 6.04 Å². The fourth-order valence-electron chi connectivity index (χ4n) is 2.48. The molecule has 3 rings (SSSR count). The summed E-state index contributed by atoms with van der Waals surface area (Å²) >= 11 is 0. The highest BCUT2D eigenvalue weighted by Gasteiger charge is 2.29. The maximum absolute atomic E-state index is 5.08. The minimum atomic E-state index is 0.288. The number of hydrogen-bond acceptors (Lipinski definition) is 5. The van der Waals surface area contributed by atoms with Crippen LogP contribution < -0.4 is 0 Å². The molecular formula is C13H16N4O. The molecule has 0 bridgehead atoms. The van der Waals surface area contributed by atoms with Crippen LogP contribution in [0.2, 0.25) is 0 Å². The highest BCUT2D eigenvalue weighted by Crippen LogP contribution is 2.31. The van der Waals surface area contributed by atoms with Gasteiger partial charge in [-0.3, -0.25) is 9.88 Å². The largest absolute Gasteiger partial charge is 0.340 e. The van der Waals surface area contributed by atoms with Crippen molar-refractivity contribution in [2.24, 2.45) is 0 Å². The summed E-state index contributed by atoms with van der Waals surface area (Å²) in [6.07, 6.45) is 5.95. The van der Waals surface area contributed by atoms with Crippen molar-refractivity contribution < 1.29 is 4.52 Å². The smallest absolute Gasteiger partial charge is 0.223 e. The molecule has 1 atom stereocenters. The summed E-state index contributed by atoms with van der Waals surface area (Å²) < 4.78 is 5.08. The molecule has 3 heterocycles. The van der Waals surface area contributed by atoms with Gasteiger partial charge in [0.2, 0.25) is 5.89 Å². The number of likely N-dealkylation sites (tertiary alicyclic amines) is 1. The van der Waals surface area contributed by atoms with E-state index >= 15 is 0 Å². The lowest BCUT2D eigenvalue weighted by atomic mass is 10.2. The molecule has 5 nitrogen and oxygen atoms in total. The molecule has 5 heteroatoms. The second kappa shape index (κ2) is 4.86. The summed E-state index contributed by atoms with van der Waals surface area (Å²) in [5.74, 6) is 1.46. The first-order valence-electron chi connectivity index (χ1n) is 6.26. The molecule has 0 spiro atoms. The lowest BCUT2D eigenvalue weighted by Gasteiger charge is -2.21. The second-order valence-corrected chi connectivity index (χ2v) is 4.66. The molecule has 2 aromatic heterocycles. The molecule has 0 aliphatic carbocycles. The highest BCUT2D eigenvalue weighted by atomic mass is 16.5. The van der Waals surface area contributed by atoms with Gasteiger partial charge in [-0.1, -0.05) is 5.16 Å². The predicted octanol–water partition coefficient (Wildman–Crippen LogP) is 2.11. The molecule has 94 valence electrons. The van der Waals surface area contributed by atoms with Gasteiger partial charge >= 0.3 is 0 Å². The molecule has 1 aliphatic rings. The summed E-state index contributed by atoms with van der Waals surface area (Å²) in [5, 5.41) is 4.05. The van der Waals surface area contributed by atoms with Crippen LogP contribution in [-0.4, -0.2) is 26.6 Å². The van der Waals surface area contributed by atoms with Gasteiger partial charge in [-0.2, -0.15) is 4.98 Å². The van der Waals surface area contributed by atoms with Crippen molar-refractivity contribution in [2.75, 3.05) is 6.54 Å². The third-order valence-corrected chi connectivity index (χ3v) is 3.34. The van der Waals surface area contributed by atoms with Crippen LogP contribution in [0, 0.1) is 6.92 Å². The Morgan fingerprint density at radius 2 is 2.22 bits per heavy atom. The number of rotatable bonds is 3. The molecule has 2 aromatic rings. The minimum Gasteiger partial charge on any atom is -0.340 e. The maximum atomic E-state index is 5.08. The Morgan fingerprint density at radius 1 is 1.39 bits per heavy atom. The Kier molecular flexibility index (Phi) is 3.06. The molecular weight excluding hydrogens is 228 g/mol. The van der Waals surface area contributed by atoms with Crippen LogP contribution >= 0.6 is 0 Å². The minimum absolute atomic E-state index is 0.288. The summed E-state index contributed by atoms with van der Waals surface area (Å²) in [6.45, 7) is 3.83. The van der Waals surface area contributed by atoms with E-state index in [9.17, 15) is 0 Å². The number of pyridine rings is 1. The average Bonchev–Trinajstić information content (AvgIpc) is 2.99. The van der Waals surface area contributed by atoms with Gasteiger partial charge in [-0.25, -0.2) is 0 Å². The zero-order valence-electron chi connectivity index (χ0n) is 10.4. The van der Waals surface area contributed by atoms with Gasteiger partial charge in [-0.05, 0) is 37.1 Å². The van der Waals surface area contributed by atoms with E-state index in [1.54, 1.807) is 0 Å². The Balaban J connectivity index is 1.75. The highest BCUT2D eigenvalue weighted by molar-refractivity contribution is 5.11. The van der Waals surface area contributed by atoms with Crippen molar-refractivity contribution in [3.8, 4) is 0 Å². The lowest BCUT2D eigenvalue weighted by molar-refractivity contribution is 0.234. The van der Waals surface area contributed by atoms with Crippen molar-refractivity contribution in [1.82, 2.24) is 20.0 Å². The third-order valence-electron chi connectivity index (χ3n) is 3.34. The Labute approximate surface area is 106 Å². The molecule has 0 N–H and O–H groups in total. The summed E-state index contributed by atoms with van der Waals surface area (Å²) in [6, 6.07) is 4.39. The van der Waals surface area contributed by atoms with Gasteiger partial charge in [0, 0.05) is 25.9 Å². The van der Waals surface area contributed by atoms with E-state index in [1.807, 2.05) is 19.3 Å². The van der Waals surface area contributed by atoms with Crippen LogP contribution in [0.1, 0.15) is 36.2 Å². The van der Waals surface area contributed by atoms with Crippen molar-refractivity contribution in [1.29, 1.82) is 0 Å². The first kappa shape index (κ1) is 11.3. The summed E-state index contributed by atoms with van der Waals surface area (Å²) in [7, 11) is 0. The quantitative estimate of drug-likeness (QED) is 0.827. The first-order chi connectivity index (χ1) is 8.83. The van der Waals surface area contributed by atoms with Crippen LogP contribution in [-0.2, 0) is 6.54 Å². The molecule has 1 aliphatic heterocycles. The Hall–Kier alpha value is -1.75. The maximum Gasteiger partial charge on any atom is 0.223 e. The number of nitrogens with zero attached hydrogens (tertiary/aromatic N) is 4. The van der Waals surface area contributed by atoms with Crippen LogP contribution in [0.15, 0.2) is 29.0 Å². The van der Waals surface area contributed by atoms with Crippen molar-refractivity contribution in [3.63, 3.8) is 0 Å². The van der Waals surface area contributed by atoms with Gasteiger partial charge in [0.25, 0.3) is 0 Å². The molecule has 18 heavy (non-hydrogen) atoms. The normalized spacial score (nSPS) is 20.4. The standard InChI is InChI=1S/C13H16N4O/c1-10-15-13(16-18-10)12-3-2-8-17(12)9-11-4-6-14-7-5-11/h4-7,12H,2-3,8-9H2,1H3. The fourth-order valence-corrected chi connectivity index (χ4v) is 2.48. The van der Waals surface area contributed by atoms with Gasteiger partial charge < -0.3 is 4.52 Å². The molecule has 1 saturated heterocycles. The van der Waals surface area contributed by atoms with Crippen LogP contribution in [0.25, 0.3) is 0 Å². The van der Waals surface area contributed by atoms with Gasteiger partial charge in [0.05, 0.1) is 6.04 Å². The van der Waals surface area contributed by atoms with Crippen molar-refractivity contribution >= 4 is 0 Å². The van der Waals surface area contributed by atoms with E-state index in [0.717, 1.165) is 25.3 Å². The summed E-state index contributed by atoms with van der Waals surface area (Å²) in [4.78, 5) is 10.8. The predicted molar refractivity (Wildman–Crippen MR) is 65.7 cm³/mol. The average molecular weight is 244 g/mol. The zero-order chi connectivity index (χ0) is 12.4. The fraction of sp³-hybridized carbons (Fsp3) is 0.462. The molecule has 0 amide bonds. The second-order valence-electron chi connectivity index (χ2n) is 4.66. The zero-order valence-corrected chi connectivity index (χ0v) is 10.4. The first-order valence-corrected chi connectivity index (χ1v) is 6.26. The van der Waals surface area contributed by atoms with Crippen LogP contribution in [0.3, 0.4) is 0 Å². The van der Waals surface area contributed by atoms with Gasteiger partial charge in [-0.15, -0.1) is 0 Å². The van der Waals surface area contributed by atoms with Gasteiger partial charge in [0.15, 0.2) is 5.82 Å². The molecule has 1 fully saturated rings. The number of hydrogen-bond donors (Lipinski definition) is 0. The van der Waals surface area contributed by atoms with Crippen LogP contribution in [0.4, 0.5) is 0 Å². The SMILES string of the molecule is Cc1nc(C2CCCN2Cc2ccncc2)no1. The van der Waals surface area contributed by atoms with Gasteiger partial charge in [0.1, 0.15) is 0 Å². The van der Waals surface area contributed by atoms with Crippen LogP contribution in [0.5, 0.6) is 0 Å². The van der Waals surface area contributed by atoms with Crippen molar-refractivity contribution in [3.05, 3.63) is 41.8 Å². The van der Waals surface area contributed by atoms with E-state index in [4.69, 9.17) is 4.52 Å². The third kappa shape index (κ3) is 2.26. The van der Waals surface area contributed by atoms with E-state index in [0.29, 0.717) is 5.89 Å².